The molecule has 6 rings (SSSR count). The Labute approximate surface area is 209 Å². The van der Waals surface area contributed by atoms with Crippen molar-refractivity contribution in [2.75, 3.05) is 0 Å². The Kier molecular flexibility index (Phi) is 5.01. The van der Waals surface area contributed by atoms with Gasteiger partial charge >= 0.3 is 0 Å². The highest BCUT2D eigenvalue weighted by atomic mass is 32.1. The highest BCUT2D eigenvalue weighted by Gasteiger charge is 2.22. The van der Waals surface area contributed by atoms with Gasteiger partial charge in [-0.05, 0) is 64.4 Å². The molecule has 0 unspecified atom stereocenters. The normalized spacial score (nSPS) is 12.7. The smallest absolute Gasteiger partial charge is 0.136 e. The maximum atomic E-state index is 6.30. The maximum Gasteiger partial charge on any atom is 0.136 e. The summed E-state index contributed by atoms with van der Waals surface area (Å²) in [7, 11) is 0. The molecule has 0 amide bonds. The lowest BCUT2D eigenvalue weighted by Crippen LogP contribution is -2.12. The van der Waals surface area contributed by atoms with Crippen molar-refractivity contribution < 1.29 is 4.42 Å². The summed E-state index contributed by atoms with van der Waals surface area (Å²) >= 11 is 1.75. The zero-order valence-electron chi connectivity index (χ0n) is 21.2. The molecule has 0 fully saturated rings. The first-order valence-electron chi connectivity index (χ1n) is 12.3. The van der Waals surface area contributed by atoms with Gasteiger partial charge in [-0.3, -0.25) is 0 Å². The van der Waals surface area contributed by atoms with Gasteiger partial charge in [0.25, 0.3) is 0 Å². The van der Waals surface area contributed by atoms with Gasteiger partial charge in [0.1, 0.15) is 22.5 Å². The molecule has 0 saturated carbocycles. The zero-order chi connectivity index (χ0) is 24.5. The van der Waals surface area contributed by atoms with E-state index in [9.17, 15) is 0 Å². The van der Waals surface area contributed by atoms with E-state index in [4.69, 9.17) is 14.4 Å². The van der Waals surface area contributed by atoms with E-state index in [2.05, 4.69) is 90.1 Å². The van der Waals surface area contributed by atoms with Gasteiger partial charge < -0.3 is 4.42 Å². The van der Waals surface area contributed by atoms with E-state index in [1.165, 1.54) is 37.4 Å². The van der Waals surface area contributed by atoms with Crippen LogP contribution in [0.15, 0.2) is 59.3 Å². The average molecular weight is 479 g/mol. The molecule has 0 spiro atoms. The van der Waals surface area contributed by atoms with Crippen molar-refractivity contribution >= 4 is 53.4 Å². The van der Waals surface area contributed by atoms with Crippen molar-refractivity contribution in [3.8, 4) is 11.3 Å². The van der Waals surface area contributed by atoms with E-state index in [1.54, 1.807) is 17.7 Å². The third-order valence-corrected chi connectivity index (χ3v) is 8.09. The van der Waals surface area contributed by atoms with E-state index in [-0.39, 0.29) is 5.41 Å². The molecule has 0 saturated heterocycles. The monoisotopic (exact) mass is 478 g/mol. The molecular formula is C31H30N2OS. The molecule has 35 heavy (non-hydrogen) atoms. The van der Waals surface area contributed by atoms with Crippen LogP contribution in [0.5, 0.6) is 0 Å². The lowest BCUT2D eigenvalue weighted by molar-refractivity contribution is 0.496. The average Bonchev–Trinajstić information content (AvgIpc) is 3.34. The van der Waals surface area contributed by atoms with E-state index >= 15 is 0 Å². The van der Waals surface area contributed by atoms with Crippen LogP contribution in [0.2, 0.25) is 0 Å². The van der Waals surface area contributed by atoms with Crippen molar-refractivity contribution in [2.24, 2.45) is 5.92 Å². The second-order valence-corrected chi connectivity index (χ2v) is 12.1. The Hall–Kier alpha value is -3.24. The minimum atomic E-state index is 0.0192. The Balaban J connectivity index is 1.66. The summed E-state index contributed by atoms with van der Waals surface area (Å²) in [5.74, 6) is 1.64. The predicted octanol–water partition coefficient (Wildman–Crippen LogP) is 9.22. The van der Waals surface area contributed by atoms with E-state index < -0.39 is 0 Å². The number of hydrogen-bond donors (Lipinski definition) is 0. The predicted molar refractivity (Wildman–Crippen MR) is 150 cm³/mol. The molecule has 6 aromatic rings. The van der Waals surface area contributed by atoms with Crippen LogP contribution in [0.1, 0.15) is 51.5 Å². The number of nitrogens with zero attached hydrogens (tertiary/aromatic N) is 2. The number of thiophene rings is 1. The molecule has 0 bridgehead atoms. The van der Waals surface area contributed by atoms with Crippen LogP contribution in [0.25, 0.3) is 53.3 Å². The Bertz CT molecular complexity index is 1750. The molecule has 0 N–H and O–H groups in total. The van der Waals surface area contributed by atoms with Gasteiger partial charge in [0, 0.05) is 32.8 Å². The SMILES string of the molecule is Cc1c(CC(C)C)oc2ccc3c(sc4ncnc(-c5cc(C(C)(C)C)c6ccccc6c5)c43)c12. The molecule has 0 aliphatic rings. The Morgan fingerprint density at radius 2 is 1.74 bits per heavy atom. The third-order valence-electron chi connectivity index (χ3n) is 6.96. The number of hydrogen-bond acceptors (Lipinski definition) is 4. The van der Waals surface area contributed by atoms with Gasteiger partial charge in [0.2, 0.25) is 0 Å². The number of aryl methyl sites for hydroxylation is 1. The number of rotatable bonds is 3. The molecule has 0 atom stereocenters. The molecule has 4 heteroatoms. The molecule has 0 radical (unpaired) electrons. The van der Waals surface area contributed by atoms with Crippen LogP contribution in [-0.2, 0) is 11.8 Å². The summed E-state index contributed by atoms with van der Waals surface area (Å²) < 4.78 is 7.54. The van der Waals surface area contributed by atoms with Gasteiger partial charge in [-0.1, -0.05) is 58.9 Å². The van der Waals surface area contributed by atoms with Gasteiger partial charge in [-0.15, -0.1) is 11.3 Å². The second kappa shape index (κ2) is 7.89. The van der Waals surface area contributed by atoms with Gasteiger partial charge in [0.15, 0.2) is 0 Å². The zero-order valence-corrected chi connectivity index (χ0v) is 22.0. The van der Waals surface area contributed by atoms with Gasteiger partial charge in [0.05, 0.1) is 5.69 Å². The number of aromatic nitrogens is 2. The van der Waals surface area contributed by atoms with Crippen molar-refractivity contribution in [1.29, 1.82) is 0 Å². The number of benzene rings is 3. The van der Waals surface area contributed by atoms with Crippen LogP contribution in [0.3, 0.4) is 0 Å². The molecule has 3 heterocycles. The minimum Gasteiger partial charge on any atom is -0.461 e. The second-order valence-electron chi connectivity index (χ2n) is 11.1. The minimum absolute atomic E-state index is 0.0192. The quantitative estimate of drug-likeness (QED) is 0.254. The first-order chi connectivity index (χ1) is 16.7. The molecule has 3 nitrogen and oxygen atoms in total. The lowest BCUT2D eigenvalue weighted by Gasteiger charge is -2.22. The largest absolute Gasteiger partial charge is 0.461 e. The van der Waals surface area contributed by atoms with E-state index in [0.29, 0.717) is 5.92 Å². The van der Waals surface area contributed by atoms with Crippen molar-refractivity contribution in [1.82, 2.24) is 9.97 Å². The highest BCUT2D eigenvalue weighted by Crippen LogP contribution is 2.44. The fraction of sp³-hybridized carbons (Fsp3) is 0.290. The molecular weight excluding hydrogens is 448 g/mol. The molecule has 3 aromatic carbocycles. The fourth-order valence-corrected chi connectivity index (χ4v) is 6.53. The molecule has 176 valence electrons. The summed E-state index contributed by atoms with van der Waals surface area (Å²) in [6, 6.07) is 17.6. The lowest BCUT2D eigenvalue weighted by atomic mass is 9.82. The van der Waals surface area contributed by atoms with Gasteiger partial charge in [-0.25, -0.2) is 9.97 Å². The van der Waals surface area contributed by atoms with Gasteiger partial charge in [-0.2, -0.15) is 0 Å². The molecule has 0 aliphatic heterocycles. The van der Waals surface area contributed by atoms with Crippen molar-refractivity contribution in [2.45, 2.75) is 53.4 Å². The summed E-state index contributed by atoms with van der Waals surface area (Å²) in [5, 5.41) is 6.11. The van der Waals surface area contributed by atoms with Crippen LogP contribution < -0.4 is 0 Å². The van der Waals surface area contributed by atoms with Crippen LogP contribution in [0.4, 0.5) is 0 Å². The molecule has 3 aromatic heterocycles. The Morgan fingerprint density at radius 3 is 2.51 bits per heavy atom. The molecule has 0 aliphatic carbocycles. The first-order valence-corrected chi connectivity index (χ1v) is 13.2. The van der Waals surface area contributed by atoms with Crippen LogP contribution >= 0.6 is 11.3 Å². The van der Waals surface area contributed by atoms with Crippen LogP contribution in [0, 0.1) is 12.8 Å². The number of fused-ring (bicyclic) bond motifs is 6. The summed E-state index contributed by atoms with van der Waals surface area (Å²) in [4.78, 5) is 10.6. The van der Waals surface area contributed by atoms with Crippen molar-refractivity contribution in [3.63, 3.8) is 0 Å². The van der Waals surface area contributed by atoms with E-state index in [0.717, 1.165) is 39.2 Å². The Morgan fingerprint density at radius 1 is 0.943 bits per heavy atom. The highest BCUT2D eigenvalue weighted by molar-refractivity contribution is 7.26. The standard InChI is InChI=1S/C31H30N2OS/c1-17(2)13-25-18(3)26-24(34-25)12-11-22-27-28(32-16-33-30(27)35-29(22)26)20-14-19-9-7-8-10-21(19)23(15-20)31(4,5)6/h7-12,14-17H,13H2,1-6H3. The fourth-order valence-electron chi connectivity index (χ4n) is 5.29. The summed E-state index contributed by atoms with van der Waals surface area (Å²) in [5.41, 5.74) is 5.72. The third kappa shape index (κ3) is 3.54. The summed E-state index contributed by atoms with van der Waals surface area (Å²) in [6.45, 7) is 13.5. The van der Waals surface area contributed by atoms with Crippen LogP contribution in [-0.4, -0.2) is 9.97 Å². The van der Waals surface area contributed by atoms with Crippen molar-refractivity contribution in [3.05, 3.63) is 71.7 Å². The maximum absolute atomic E-state index is 6.30. The topological polar surface area (TPSA) is 38.9 Å². The van der Waals surface area contributed by atoms with E-state index in [1.807, 2.05) is 0 Å². The number of furan rings is 1. The summed E-state index contributed by atoms with van der Waals surface area (Å²) in [6.07, 6.45) is 2.66. The first kappa shape index (κ1) is 22.2.